The minimum absolute atomic E-state index is 0.0572. The minimum atomic E-state index is -1.22. The lowest BCUT2D eigenvalue weighted by Gasteiger charge is -2.38. The molecular formula is C13H22N2O5. The molecule has 1 unspecified atom stereocenters. The van der Waals surface area contributed by atoms with Crippen LogP contribution in [0.1, 0.15) is 25.7 Å². The maximum atomic E-state index is 12.3. The number of carboxylic acids is 1. The topological polar surface area (TPSA) is 99.1 Å². The smallest absolute Gasteiger partial charge is 0.329 e. The van der Waals surface area contributed by atoms with E-state index in [0.717, 1.165) is 12.8 Å². The zero-order valence-corrected chi connectivity index (χ0v) is 11.5. The summed E-state index contributed by atoms with van der Waals surface area (Å²) >= 11 is 0. The first-order chi connectivity index (χ1) is 9.57. The molecule has 0 spiro atoms. The SMILES string of the molecule is O=C(NC1(C(=O)O)CCOCC1)N1CCCC(CO)C1. The number of rotatable bonds is 3. The molecule has 0 bridgehead atoms. The lowest BCUT2D eigenvalue weighted by Crippen LogP contribution is -2.61. The van der Waals surface area contributed by atoms with Crippen LogP contribution >= 0.6 is 0 Å². The van der Waals surface area contributed by atoms with Gasteiger partial charge in [0, 0.05) is 45.8 Å². The Bertz CT molecular complexity index is 368. The predicted octanol–water partition coefficient (Wildman–Crippen LogP) is 0.0341. The van der Waals surface area contributed by atoms with Crippen LogP contribution in [-0.4, -0.2) is 65.6 Å². The number of nitrogens with one attached hydrogen (secondary N) is 1. The largest absolute Gasteiger partial charge is 0.480 e. The van der Waals surface area contributed by atoms with Gasteiger partial charge in [-0.15, -0.1) is 0 Å². The molecule has 0 aromatic rings. The van der Waals surface area contributed by atoms with Gasteiger partial charge in [-0.3, -0.25) is 0 Å². The molecule has 2 saturated heterocycles. The summed E-state index contributed by atoms with van der Waals surface area (Å²) in [5.41, 5.74) is -1.22. The van der Waals surface area contributed by atoms with Gasteiger partial charge in [-0.05, 0) is 18.8 Å². The van der Waals surface area contributed by atoms with Gasteiger partial charge in [0.05, 0.1) is 0 Å². The first-order valence-corrected chi connectivity index (χ1v) is 7.06. The number of hydrogen-bond donors (Lipinski definition) is 3. The molecule has 0 saturated carbocycles. The summed E-state index contributed by atoms with van der Waals surface area (Å²) in [6, 6.07) is -0.354. The van der Waals surface area contributed by atoms with Crippen LogP contribution in [-0.2, 0) is 9.53 Å². The molecule has 0 aromatic carbocycles. The average Bonchev–Trinajstić information content (AvgIpc) is 2.48. The normalized spacial score (nSPS) is 26.1. The van der Waals surface area contributed by atoms with Crippen molar-refractivity contribution in [1.29, 1.82) is 0 Å². The Morgan fingerprint density at radius 1 is 1.35 bits per heavy atom. The number of carboxylic acid groups (broad SMARTS) is 1. The Morgan fingerprint density at radius 2 is 2.05 bits per heavy atom. The van der Waals surface area contributed by atoms with Gasteiger partial charge in [0.25, 0.3) is 0 Å². The van der Waals surface area contributed by atoms with Crippen LogP contribution in [0.5, 0.6) is 0 Å². The third-order valence-corrected chi connectivity index (χ3v) is 4.17. The van der Waals surface area contributed by atoms with E-state index < -0.39 is 11.5 Å². The van der Waals surface area contributed by atoms with Gasteiger partial charge in [-0.25, -0.2) is 9.59 Å². The summed E-state index contributed by atoms with van der Waals surface area (Å²) < 4.78 is 5.18. The molecule has 0 aliphatic carbocycles. The fourth-order valence-corrected chi connectivity index (χ4v) is 2.79. The second-order valence-corrected chi connectivity index (χ2v) is 5.57. The van der Waals surface area contributed by atoms with E-state index in [-0.39, 0.29) is 31.4 Å². The Balaban J connectivity index is 1.99. The van der Waals surface area contributed by atoms with Gasteiger partial charge in [-0.2, -0.15) is 0 Å². The maximum Gasteiger partial charge on any atom is 0.329 e. The highest BCUT2D eigenvalue weighted by Gasteiger charge is 2.42. The fourth-order valence-electron chi connectivity index (χ4n) is 2.79. The number of carbonyl (C=O) groups is 2. The number of ether oxygens (including phenoxy) is 1. The average molecular weight is 286 g/mol. The van der Waals surface area contributed by atoms with Gasteiger partial charge >= 0.3 is 12.0 Å². The first kappa shape index (κ1) is 15.1. The molecule has 114 valence electrons. The number of amides is 2. The molecule has 2 fully saturated rings. The van der Waals surface area contributed by atoms with Gasteiger partial charge in [0.1, 0.15) is 5.54 Å². The summed E-state index contributed by atoms with van der Waals surface area (Å²) in [4.78, 5) is 25.4. The molecule has 7 heteroatoms. The molecule has 2 rings (SSSR count). The van der Waals surface area contributed by atoms with Gasteiger partial charge in [-0.1, -0.05) is 0 Å². The Labute approximate surface area is 117 Å². The molecule has 2 aliphatic rings. The highest BCUT2D eigenvalue weighted by molar-refractivity contribution is 5.86. The molecule has 20 heavy (non-hydrogen) atoms. The van der Waals surface area contributed by atoms with Crippen LogP contribution in [0.3, 0.4) is 0 Å². The molecule has 7 nitrogen and oxygen atoms in total. The van der Waals surface area contributed by atoms with E-state index in [2.05, 4.69) is 5.32 Å². The van der Waals surface area contributed by atoms with Crippen LogP contribution in [0.2, 0.25) is 0 Å². The fraction of sp³-hybridized carbons (Fsp3) is 0.846. The molecule has 0 radical (unpaired) electrons. The molecular weight excluding hydrogens is 264 g/mol. The van der Waals surface area contributed by atoms with Crippen LogP contribution in [0.15, 0.2) is 0 Å². The third-order valence-electron chi connectivity index (χ3n) is 4.17. The van der Waals surface area contributed by atoms with E-state index in [1.807, 2.05) is 0 Å². The monoisotopic (exact) mass is 286 g/mol. The van der Waals surface area contributed by atoms with Crippen LogP contribution in [0, 0.1) is 5.92 Å². The molecule has 1 atom stereocenters. The van der Waals surface area contributed by atoms with Crippen LogP contribution in [0.25, 0.3) is 0 Å². The molecule has 2 aliphatic heterocycles. The minimum Gasteiger partial charge on any atom is -0.480 e. The zero-order chi connectivity index (χ0) is 14.6. The van der Waals surface area contributed by atoms with Crippen molar-refractivity contribution in [2.75, 3.05) is 32.9 Å². The highest BCUT2D eigenvalue weighted by atomic mass is 16.5. The van der Waals surface area contributed by atoms with Crippen molar-refractivity contribution < 1.29 is 24.5 Å². The van der Waals surface area contributed by atoms with Crippen molar-refractivity contribution in [2.24, 2.45) is 5.92 Å². The molecule has 3 N–H and O–H groups in total. The summed E-state index contributed by atoms with van der Waals surface area (Å²) in [5, 5.41) is 21.3. The number of likely N-dealkylation sites (tertiary alicyclic amines) is 1. The predicted molar refractivity (Wildman–Crippen MR) is 70.3 cm³/mol. The molecule has 0 aromatic heterocycles. The van der Waals surface area contributed by atoms with E-state index in [1.54, 1.807) is 4.90 Å². The number of carbonyl (C=O) groups excluding carboxylic acids is 1. The van der Waals surface area contributed by atoms with E-state index in [1.165, 1.54) is 0 Å². The van der Waals surface area contributed by atoms with Crippen molar-refractivity contribution >= 4 is 12.0 Å². The second kappa shape index (κ2) is 6.41. The number of piperidine rings is 1. The van der Waals surface area contributed by atoms with Crippen molar-refractivity contribution in [3.05, 3.63) is 0 Å². The lowest BCUT2D eigenvalue weighted by molar-refractivity contribution is -0.148. The van der Waals surface area contributed by atoms with Crippen molar-refractivity contribution in [3.63, 3.8) is 0 Å². The lowest BCUT2D eigenvalue weighted by atomic mass is 9.90. The van der Waals surface area contributed by atoms with Gasteiger partial charge in [0.15, 0.2) is 0 Å². The number of hydrogen-bond acceptors (Lipinski definition) is 4. The summed E-state index contributed by atoms with van der Waals surface area (Å²) in [6.07, 6.45) is 2.30. The van der Waals surface area contributed by atoms with E-state index in [9.17, 15) is 19.8 Å². The number of aliphatic hydroxyl groups excluding tert-OH is 1. The first-order valence-electron chi connectivity index (χ1n) is 7.06. The number of aliphatic carboxylic acids is 1. The summed E-state index contributed by atoms with van der Waals surface area (Å²) in [5.74, 6) is -0.921. The third kappa shape index (κ3) is 3.21. The highest BCUT2D eigenvalue weighted by Crippen LogP contribution is 2.23. The maximum absolute atomic E-state index is 12.3. The second-order valence-electron chi connectivity index (χ2n) is 5.57. The Kier molecular flexibility index (Phi) is 4.82. The van der Waals surface area contributed by atoms with Crippen molar-refractivity contribution in [3.8, 4) is 0 Å². The summed E-state index contributed by atoms with van der Waals surface area (Å²) in [7, 11) is 0. The van der Waals surface area contributed by atoms with E-state index in [0.29, 0.717) is 26.3 Å². The number of aliphatic hydroxyl groups is 1. The number of urea groups is 1. The van der Waals surface area contributed by atoms with Gasteiger partial charge < -0.3 is 25.2 Å². The van der Waals surface area contributed by atoms with E-state index >= 15 is 0 Å². The van der Waals surface area contributed by atoms with Gasteiger partial charge in [0.2, 0.25) is 0 Å². The molecule has 2 amide bonds. The quantitative estimate of drug-likeness (QED) is 0.680. The zero-order valence-electron chi connectivity index (χ0n) is 11.5. The van der Waals surface area contributed by atoms with Crippen LogP contribution in [0.4, 0.5) is 4.79 Å². The Morgan fingerprint density at radius 3 is 2.65 bits per heavy atom. The van der Waals surface area contributed by atoms with Crippen molar-refractivity contribution in [2.45, 2.75) is 31.2 Å². The Hall–Kier alpha value is -1.34. The standard InChI is InChI=1S/C13H22N2O5/c16-9-10-2-1-5-15(8-10)12(19)14-13(11(17)18)3-6-20-7-4-13/h10,16H,1-9H2,(H,14,19)(H,17,18). The number of nitrogens with zero attached hydrogens (tertiary/aromatic N) is 1. The van der Waals surface area contributed by atoms with E-state index in [4.69, 9.17) is 4.74 Å². The van der Waals surface area contributed by atoms with Crippen molar-refractivity contribution in [1.82, 2.24) is 10.2 Å². The summed E-state index contributed by atoms with van der Waals surface area (Å²) in [6.45, 7) is 1.82. The van der Waals surface area contributed by atoms with Crippen LogP contribution < -0.4 is 5.32 Å². The molecule has 2 heterocycles.